The molecular weight excluding hydrogens is 661 g/mol. The Morgan fingerprint density at radius 2 is 1.73 bits per heavy atom. The van der Waals surface area contributed by atoms with Gasteiger partial charge in [0.05, 0.1) is 12.2 Å². The van der Waals surface area contributed by atoms with E-state index in [1.165, 1.54) is 4.57 Å². The number of H-pyrrole nitrogens is 1. The molecule has 5 aromatic rings. The second kappa shape index (κ2) is 13.6. The number of anilines is 2. The number of ether oxygens (including phenoxy) is 2. The minimum atomic E-state index is -0.596. The summed E-state index contributed by atoms with van der Waals surface area (Å²) >= 11 is 0. The van der Waals surface area contributed by atoms with E-state index >= 15 is 4.39 Å². The molecule has 2 fully saturated rings. The maximum absolute atomic E-state index is 15.8. The number of fused-ring (bicyclic) bond motifs is 1. The SMILES string of the molecule is Cn1cc(-c2cc(N)ccc2Oc2cccc(OCCC3CCN(c4ncc(C(=O)NC5C(C)(C)CC5(C)C)cn4)CC3)c2F)c2cc[nH]c2c1=O. The van der Waals surface area contributed by atoms with Crippen LogP contribution >= 0.6 is 0 Å². The fraction of sp³-hybridized carbons (Fsp3) is 0.400. The molecule has 0 radical (unpaired) electrons. The van der Waals surface area contributed by atoms with Crippen LogP contribution in [-0.2, 0) is 7.05 Å². The van der Waals surface area contributed by atoms with Crippen LogP contribution in [0.1, 0.15) is 63.7 Å². The van der Waals surface area contributed by atoms with Crippen LogP contribution in [0.25, 0.3) is 22.0 Å². The first-order chi connectivity index (χ1) is 24.8. The van der Waals surface area contributed by atoms with Crippen LogP contribution in [0.4, 0.5) is 16.0 Å². The molecule has 12 heteroatoms. The van der Waals surface area contributed by atoms with Crippen molar-refractivity contribution < 1.29 is 18.7 Å². The van der Waals surface area contributed by atoms with Gasteiger partial charge in [-0.2, -0.15) is 4.39 Å². The Balaban J connectivity index is 0.937. The Kier molecular flexibility index (Phi) is 9.18. The van der Waals surface area contributed by atoms with E-state index in [1.54, 1.807) is 68.2 Å². The topological polar surface area (TPSA) is 140 Å². The van der Waals surface area contributed by atoms with Gasteiger partial charge in [0.1, 0.15) is 11.3 Å². The van der Waals surface area contributed by atoms with Gasteiger partial charge in [0, 0.05) is 73.2 Å². The lowest BCUT2D eigenvalue weighted by Crippen LogP contribution is -2.63. The summed E-state index contributed by atoms with van der Waals surface area (Å²) in [5, 5.41) is 3.91. The molecule has 0 unspecified atom stereocenters. The number of piperidine rings is 1. The van der Waals surface area contributed by atoms with Crippen LogP contribution in [0, 0.1) is 22.6 Å². The van der Waals surface area contributed by atoms with E-state index in [-0.39, 0.29) is 39.8 Å². The number of nitrogens with zero attached hydrogens (tertiary/aromatic N) is 4. The quantitative estimate of drug-likeness (QED) is 0.131. The molecule has 1 aliphatic carbocycles. The number of halogens is 1. The molecule has 0 bridgehead atoms. The highest BCUT2D eigenvalue weighted by molar-refractivity contribution is 5.96. The second-order valence-electron chi connectivity index (χ2n) is 15.6. The standard InChI is InChI=1S/C40H46FN7O4/c1-39(2)23-40(3,4)37(39)46-35(49)25-20-44-38(45-21-25)48-16-12-24(13-17-48)14-18-51-31-7-6-8-32(33(31)41)52-30-10-9-26(42)19-28(30)29-22-47(5)36(50)34-27(29)11-15-43-34/h6-11,15,19-22,24,37,43H,12-14,16-18,23,42H2,1-5H3,(H,46,49). The van der Waals surface area contributed by atoms with Crippen molar-refractivity contribution in [1.29, 1.82) is 0 Å². The minimum absolute atomic E-state index is 0.0196. The molecule has 0 spiro atoms. The maximum atomic E-state index is 15.8. The fourth-order valence-electron chi connectivity index (χ4n) is 8.40. The normalized spacial score (nSPS) is 17.2. The Morgan fingerprint density at radius 3 is 2.44 bits per heavy atom. The van der Waals surface area contributed by atoms with Crippen molar-refractivity contribution in [3.63, 3.8) is 0 Å². The summed E-state index contributed by atoms with van der Waals surface area (Å²) in [6.45, 7) is 10.7. The van der Waals surface area contributed by atoms with Gasteiger partial charge in [-0.25, -0.2) is 9.97 Å². The molecule has 4 heterocycles. The zero-order valence-electron chi connectivity index (χ0n) is 30.3. The Morgan fingerprint density at radius 1 is 1.02 bits per heavy atom. The molecule has 2 aromatic carbocycles. The largest absolute Gasteiger partial charge is 0.490 e. The summed E-state index contributed by atoms with van der Waals surface area (Å²) in [6.07, 6.45) is 10.3. The molecule has 1 saturated carbocycles. The van der Waals surface area contributed by atoms with E-state index in [9.17, 15) is 9.59 Å². The lowest BCUT2D eigenvalue weighted by atomic mass is 9.52. The minimum Gasteiger partial charge on any atom is -0.490 e. The molecular formula is C40H46FN7O4. The summed E-state index contributed by atoms with van der Waals surface area (Å²) in [7, 11) is 1.68. The smallest absolute Gasteiger partial charge is 0.274 e. The van der Waals surface area contributed by atoms with Gasteiger partial charge >= 0.3 is 0 Å². The number of rotatable bonds is 10. The van der Waals surface area contributed by atoms with Crippen molar-refractivity contribution in [1.82, 2.24) is 24.8 Å². The molecule has 11 nitrogen and oxygen atoms in total. The molecule has 272 valence electrons. The first-order valence-corrected chi connectivity index (χ1v) is 17.8. The van der Waals surface area contributed by atoms with Crippen LogP contribution in [0.2, 0.25) is 0 Å². The van der Waals surface area contributed by atoms with E-state index in [0.717, 1.165) is 44.3 Å². The highest BCUT2D eigenvalue weighted by atomic mass is 19.1. The van der Waals surface area contributed by atoms with Crippen molar-refractivity contribution in [2.45, 2.75) is 59.4 Å². The Hall–Kier alpha value is -5.39. The van der Waals surface area contributed by atoms with Crippen LogP contribution in [0.15, 0.2) is 72.0 Å². The van der Waals surface area contributed by atoms with E-state index in [0.29, 0.717) is 51.9 Å². The summed E-state index contributed by atoms with van der Waals surface area (Å²) < 4.78 is 29.3. The average molecular weight is 708 g/mol. The first kappa shape index (κ1) is 35.0. The third kappa shape index (κ3) is 6.81. The van der Waals surface area contributed by atoms with Crippen LogP contribution < -0.4 is 31.0 Å². The highest BCUT2D eigenvalue weighted by Crippen LogP contribution is 2.53. The first-order valence-electron chi connectivity index (χ1n) is 17.8. The van der Waals surface area contributed by atoms with Crippen molar-refractivity contribution >= 4 is 28.4 Å². The third-order valence-electron chi connectivity index (χ3n) is 10.7. The lowest BCUT2D eigenvalue weighted by Gasteiger charge is -2.57. The number of hydrogen-bond acceptors (Lipinski definition) is 8. The van der Waals surface area contributed by atoms with Gasteiger partial charge < -0.3 is 35.0 Å². The number of hydrogen-bond donors (Lipinski definition) is 3. The molecule has 7 rings (SSSR count). The zero-order valence-corrected chi connectivity index (χ0v) is 30.3. The summed E-state index contributed by atoms with van der Waals surface area (Å²) in [4.78, 5) is 39.8. The Bertz CT molecular complexity index is 2150. The zero-order chi connectivity index (χ0) is 36.8. The summed E-state index contributed by atoms with van der Waals surface area (Å²) in [5.41, 5.74) is 8.91. The molecule has 1 saturated heterocycles. The van der Waals surface area contributed by atoms with Gasteiger partial charge in [-0.15, -0.1) is 0 Å². The average Bonchev–Trinajstić information content (AvgIpc) is 3.61. The molecule has 1 aliphatic heterocycles. The summed E-state index contributed by atoms with van der Waals surface area (Å²) in [5.74, 6) is 0.813. The molecule has 4 N–H and O–H groups in total. The number of benzene rings is 2. The lowest BCUT2D eigenvalue weighted by molar-refractivity contribution is -0.0366. The van der Waals surface area contributed by atoms with Gasteiger partial charge in [-0.05, 0) is 78.8 Å². The number of nitrogen functional groups attached to an aromatic ring is 1. The number of nitrogens with one attached hydrogen (secondary N) is 2. The maximum Gasteiger partial charge on any atom is 0.274 e. The second-order valence-corrected chi connectivity index (χ2v) is 15.6. The number of pyridine rings is 1. The van der Waals surface area contributed by atoms with Crippen molar-refractivity contribution in [2.24, 2.45) is 23.8 Å². The number of carbonyl (C=O) groups excluding carboxylic acids is 1. The van der Waals surface area contributed by atoms with Gasteiger partial charge in [0.25, 0.3) is 11.5 Å². The monoisotopic (exact) mass is 707 g/mol. The van der Waals surface area contributed by atoms with Crippen molar-refractivity contribution in [3.8, 4) is 28.4 Å². The number of carbonyl (C=O) groups is 1. The van der Waals surface area contributed by atoms with Crippen molar-refractivity contribution in [3.05, 3.63) is 89.0 Å². The molecule has 0 atom stereocenters. The van der Waals surface area contributed by atoms with E-state index in [4.69, 9.17) is 15.2 Å². The van der Waals surface area contributed by atoms with E-state index in [1.807, 2.05) is 6.07 Å². The molecule has 1 amide bonds. The number of aromatic amines is 1. The van der Waals surface area contributed by atoms with Gasteiger partial charge in [0.15, 0.2) is 11.5 Å². The Labute approximate surface area is 302 Å². The van der Waals surface area contributed by atoms with Gasteiger partial charge in [0.2, 0.25) is 11.8 Å². The van der Waals surface area contributed by atoms with Crippen molar-refractivity contribution in [2.75, 3.05) is 30.3 Å². The van der Waals surface area contributed by atoms with Crippen LogP contribution in [-0.4, -0.2) is 51.2 Å². The van der Waals surface area contributed by atoms with Crippen LogP contribution in [0.5, 0.6) is 17.2 Å². The van der Waals surface area contributed by atoms with E-state index in [2.05, 4.69) is 52.9 Å². The van der Waals surface area contributed by atoms with E-state index < -0.39 is 5.82 Å². The highest BCUT2D eigenvalue weighted by Gasteiger charge is 2.53. The van der Waals surface area contributed by atoms with Gasteiger partial charge in [-0.3, -0.25) is 9.59 Å². The number of nitrogens with two attached hydrogens (primary N) is 1. The van der Waals surface area contributed by atoms with Crippen LogP contribution in [0.3, 0.4) is 0 Å². The predicted octanol–water partition coefficient (Wildman–Crippen LogP) is 7.08. The third-order valence-corrected chi connectivity index (χ3v) is 10.7. The number of aryl methyl sites for hydroxylation is 1. The summed E-state index contributed by atoms with van der Waals surface area (Å²) in [6, 6.07) is 11.9. The predicted molar refractivity (Wildman–Crippen MR) is 200 cm³/mol. The van der Waals surface area contributed by atoms with Gasteiger partial charge in [-0.1, -0.05) is 33.8 Å². The molecule has 3 aromatic heterocycles. The fourth-order valence-corrected chi connectivity index (χ4v) is 8.40. The number of amides is 1. The molecule has 2 aliphatic rings. The molecule has 52 heavy (non-hydrogen) atoms. The number of aromatic nitrogens is 4.